The van der Waals surface area contributed by atoms with E-state index < -0.39 is 5.82 Å². The van der Waals surface area contributed by atoms with Gasteiger partial charge >= 0.3 is 0 Å². The van der Waals surface area contributed by atoms with Gasteiger partial charge in [0.2, 0.25) is 0 Å². The second-order valence-electron chi connectivity index (χ2n) is 4.45. The molecule has 0 aliphatic heterocycles. The molecule has 0 aromatic heterocycles. The average molecular weight is 499 g/mol. The van der Waals surface area contributed by atoms with E-state index in [2.05, 4.69) is 47.8 Å². The Labute approximate surface area is 152 Å². The number of ketones is 1. The van der Waals surface area contributed by atoms with Crippen LogP contribution in [0, 0.1) is 12.7 Å². The molecular formula is C15H9Br3ClFO. The van der Waals surface area contributed by atoms with Crippen molar-refractivity contribution in [3.05, 3.63) is 67.9 Å². The molecule has 0 unspecified atom stereocenters. The van der Waals surface area contributed by atoms with Crippen molar-refractivity contribution < 1.29 is 9.18 Å². The lowest BCUT2D eigenvalue weighted by atomic mass is 10.0. The van der Waals surface area contributed by atoms with E-state index >= 15 is 0 Å². The predicted octanol–water partition coefficient (Wildman–Crippen LogP) is 6.57. The van der Waals surface area contributed by atoms with Crippen molar-refractivity contribution in [2.24, 2.45) is 0 Å². The lowest BCUT2D eigenvalue weighted by Gasteiger charge is -2.10. The van der Waals surface area contributed by atoms with E-state index in [1.54, 1.807) is 13.0 Å². The summed E-state index contributed by atoms with van der Waals surface area (Å²) in [7, 11) is 0. The van der Waals surface area contributed by atoms with Gasteiger partial charge in [-0.15, -0.1) is 0 Å². The number of hydrogen-bond acceptors (Lipinski definition) is 1. The Balaban J connectivity index is 2.48. The molecule has 0 saturated heterocycles. The van der Waals surface area contributed by atoms with Crippen molar-refractivity contribution in [1.29, 1.82) is 0 Å². The van der Waals surface area contributed by atoms with Gasteiger partial charge in [0.25, 0.3) is 0 Å². The van der Waals surface area contributed by atoms with E-state index in [0.717, 1.165) is 5.56 Å². The minimum atomic E-state index is -0.424. The molecule has 0 atom stereocenters. The average Bonchev–Trinajstić information content (AvgIpc) is 2.42. The van der Waals surface area contributed by atoms with Gasteiger partial charge in [0, 0.05) is 15.6 Å². The monoisotopic (exact) mass is 496 g/mol. The van der Waals surface area contributed by atoms with Crippen LogP contribution in [0.5, 0.6) is 0 Å². The molecule has 21 heavy (non-hydrogen) atoms. The molecule has 0 heterocycles. The van der Waals surface area contributed by atoms with Gasteiger partial charge in [-0.3, -0.25) is 4.79 Å². The maximum atomic E-state index is 13.4. The van der Waals surface area contributed by atoms with Gasteiger partial charge in [-0.2, -0.15) is 0 Å². The fraction of sp³-hybridized carbons (Fsp3) is 0.133. The van der Waals surface area contributed by atoms with Gasteiger partial charge in [0.1, 0.15) is 5.82 Å². The minimum Gasteiger partial charge on any atom is -0.289 e. The number of hydrogen-bond donors (Lipinski definition) is 0. The lowest BCUT2D eigenvalue weighted by Crippen LogP contribution is -2.05. The zero-order valence-electron chi connectivity index (χ0n) is 10.8. The van der Waals surface area contributed by atoms with Gasteiger partial charge in [0.15, 0.2) is 5.78 Å². The van der Waals surface area contributed by atoms with E-state index in [1.165, 1.54) is 12.1 Å². The third-order valence-corrected chi connectivity index (χ3v) is 5.01. The molecule has 0 spiro atoms. The molecule has 0 saturated carbocycles. The molecule has 110 valence electrons. The Kier molecular flexibility index (Phi) is 5.63. The predicted molar refractivity (Wildman–Crippen MR) is 94.3 cm³/mol. The van der Waals surface area contributed by atoms with Crippen LogP contribution < -0.4 is 0 Å². The van der Waals surface area contributed by atoms with Gasteiger partial charge in [-0.25, -0.2) is 4.39 Å². The first-order valence-electron chi connectivity index (χ1n) is 5.89. The summed E-state index contributed by atoms with van der Waals surface area (Å²) in [6.45, 7) is 1.60. The van der Waals surface area contributed by atoms with Gasteiger partial charge in [-0.1, -0.05) is 65.5 Å². The number of halogens is 5. The summed E-state index contributed by atoms with van der Waals surface area (Å²) in [5, 5.41) is 0.109. The molecule has 2 aromatic carbocycles. The van der Waals surface area contributed by atoms with Crippen LogP contribution in [0.1, 0.15) is 30.8 Å². The van der Waals surface area contributed by atoms with Crippen LogP contribution in [0.3, 0.4) is 0 Å². The highest BCUT2D eigenvalue weighted by molar-refractivity contribution is 9.24. The minimum absolute atomic E-state index is 0.00195. The first kappa shape index (κ1) is 17.1. The van der Waals surface area contributed by atoms with Crippen molar-refractivity contribution in [1.82, 2.24) is 0 Å². The molecule has 6 heteroatoms. The van der Waals surface area contributed by atoms with Gasteiger partial charge < -0.3 is 0 Å². The summed E-state index contributed by atoms with van der Waals surface area (Å²) >= 11 is 16.2. The maximum absolute atomic E-state index is 13.4. The van der Waals surface area contributed by atoms with Crippen molar-refractivity contribution in [3.8, 4) is 0 Å². The smallest absolute Gasteiger partial charge is 0.195 e. The van der Waals surface area contributed by atoms with Crippen LogP contribution in [-0.4, -0.2) is 5.78 Å². The Bertz CT molecular complexity index is 716. The van der Waals surface area contributed by atoms with Crippen LogP contribution in [0.15, 0.2) is 34.8 Å². The molecule has 0 fully saturated rings. The number of alkyl halides is 2. The summed E-state index contributed by atoms with van der Waals surface area (Å²) in [6.07, 6.45) is 0. The quantitative estimate of drug-likeness (QED) is 0.345. The second kappa shape index (κ2) is 6.90. The number of aryl methyl sites for hydroxylation is 1. The highest BCUT2D eigenvalue weighted by atomic mass is 79.9. The van der Waals surface area contributed by atoms with Gasteiger partial charge in [-0.05, 0) is 42.3 Å². The van der Waals surface area contributed by atoms with Crippen LogP contribution in [-0.2, 0) is 0 Å². The standard InChI is InChI=1S/C15H9Br3ClFO/c1-7-4-10(12(19)6-13(7)20)14(21)9-3-2-8(15(17)18)5-11(9)16/h2-6,15H,1H3. The Morgan fingerprint density at radius 3 is 2.43 bits per heavy atom. The fourth-order valence-electron chi connectivity index (χ4n) is 1.83. The third kappa shape index (κ3) is 3.76. The van der Waals surface area contributed by atoms with Crippen LogP contribution in [0.25, 0.3) is 0 Å². The zero-order chi connectivity index (χ0) is 15.7. The SMILES string of the molecule is Cc1cc(C(=O)c2ccc(C(Br)Br)cc2Br)c(Cl)cc1F. The van der Waals surface area contributed by atoms with E-state index in [-0.39, 0.29) is 14.5 Å². The van der Waals surface area contributed by atoms with E-state index in [4.69, 9.17) is 11.6 Å². The van der Waals surface area contributed by atoms with E-state index in [9.17, 15) is 9.18 Å². The largest absolute Gasteiger partial charge is 0.289 e. The lowest BCUT2D eigenvalue weighted by molar-refractivity contribution is 0.103. The molecule has 0 N–H and O–H groups in total. The summed E-state index contributed by atoms with van der Waals surface area (Å²) in [6, 6.07) is 8.02. The maximum Gasteiger partial charge on any atom is 0.195 e. The molecule has 0 aliphatic rings. The van der Waals surface area contributed by atoms with Crippen molar-refractivity contribution in [3.63, 3.8) is 0 Å². The van der Waals surface area contributed by atoms with Gasteiger partial charge in [0.05, 0.1) is 8.76 Å². The van der Waals surface area contributed by atoms with Crippen LogP contribution in [0.2, 0.25) is 5.02 Å². The first-order valence-corrected chi connectivity index (χ1v) is 8.89. The van der Waals surface area contributed by atoms with Crippen LogP contribution in [0.4, 0.5) is 4.39 Å². The Morgan fingerprint density at radius 2 is 1.86 bits per heavy atom. The molecule has 2 rings (SSSR count). The van der Waals surface area contributed by atoms with Crippen LogP contribution >= 0.6 is 59.4 Å². The Morgan fingerprint density at radius 1 is 1.19 bits per heavy atom. The normalized spacial score (nSPS) is 11.0. The summed E-state index contributed by atoms with van der Waals surface area (Å²) < 4.78 is 14.1. The molecule has 0 aliphatic carbocycles. The van der Waals surface area contributed by atoms with Crippen molar-refractivity contribution in [2.45, 2.75) is 10.7 Å². The molecule has 0 radical (unpaired) electrons. The first-order chi connectivity index (χ1) is 9.81. The van der Waals surface area contributed by atoms with E-state index in [0.29, 0.717) is 21.2 Å². The molecular weight excluding hydrogens is 490 g/mol. The molecule has 2 aromatic rings. The number of rotatable bonds is 3. The Hall–Kier alpha value is -0.230. The topological polar surface area (TPSA) is 17.1 Å². The summed E-state index contributed by atoms with van der Waals surface area (Å²) in [4.78, 5) is 12.6. The van der Waals surface area contributed by atoms with E-state index in [1.807, 2.05) is 12.1 Å². The third-order valence-electron chi connectivity index (χ3n) is 2.98. The summed E-state index contributed by atoms with van der Waals surface area (Å²) in [5.74, 6) is -0.672. The highest BCUT2D eigenvalue weighted by Gasteiger charge is 2.18. The molecule has 0 bridgehead atoms. The number of benzene rings is 2. The van der Waals surface area contributed by atoms with Crippen molar-refractivity contribution >= 4 is 65.2 Å². The van der Waals surface area contributed by atoms with Crippen molar-refractivity contribution in [2.75, 3.05) is 0 Å². The fourth-order valence-corrected chi connectivity index (χ4v) is 3.21. The number of carbonyl (C=O) groups excluding carboxylic acids is 1. The molecule has 1 nitrogen and oxygen atoms in total. The highest BCUT2D eigenvalue weighted by Crippen LogP contribution is 2.33. The second-order valence-corrected chi connectivity index (χ2v) is 8.77. The molecule has 0 amide bonds. The summed E-state index contributed by atoms with van der Waals surface area (Å²) in [5.41, 5.74) is 2.13. The zero-order valence-corrected chi connectivity index (χ0v) is 16.3. The number of carbonyl (C=O) groups is 1.